The van der Waals surface area contributed by atoms with E-state index in [-0.39, 0.29) is 31.3 Å². The maximum atomic E-state index is 11.6. The average Bonchev–Trinajstić information content (AvgIpc) is 2.57. The molecule has 0 amide bonds. The minimum Gasteiger partial charge on any atom is -0.394 e. The van der Waals surface area contributed by atoms with E-state index in [4.69, 9.17) is 14.0 Å². The van der Waals surface area contributed by atoms with Gasteiger partial charge in [-0.25, -0.2) is 0 Å². The van der Waals surface area contributed by atoms with E-state index in [1.165, 1.54) is 12.1 Å². The molecule has 6 nitrogen and oxygen atoms in total. The third kappa shape index (κ3) is 8.41. The molecule has 1 aromatic carbocycles. The summed E-state index contributed by atoms with van der Waals surface area (Å²) in [4.78, 5) is 3.91. The summed E-state index contributed by atoms with van der Waals surface area (Å²) in [5.41, 5.74) is 0.982. The molecule has 1 N–H and O–H groups in total. The molecule has 0 bridgehead atoms. The zero-order valence-corrected chi connectivity index (χ0v) is 13.8. The van der Waals surface area contributed by atoms with Crippen LogP contribution in [0.3, 0.4) is 0 Å². The first-order chi connectivity index (χ1) is 11.1. The monoisotopic (exact) mass is 339 g/mol. The highest BCUT2D eigenvalue weighted by Crippen LogP contribution is 2.12. The summed E-state index contributed by atoms with van der Waals surface area (Å²) in [6.45, 7) is 2.03. The van der Waals surface area contributed by atoms with Crippen molar-refractivity contribution in [2.45, 2.75) is 11.8 Å². The van der Waals surface area contributed by atoms with Crippen molar-refractivity contribution in [1.29, 1.82) is 0 Å². The molecule has 0 fully saturated rings. The molecule has 0 unspecified atom stereocenters. The lowest BCUT2D eigenvalue weighted by molar-refractivity contribution is 0.0719. The fourth-order valence-electron chi connectivity index (χ4n) is 1.45. The molecule has 23 heavy (non-hydrogen) atoms. The lowest BCUT2D eigenvalue weighted by atomic mass is 10.2. The number of ether oxygens (including phenoxy) is 1. The molecule has 0 spiro atoms. The van der Waals surface area contributed by atoms with Gasteiger partial charge in [-0.3, -0.25) is 9.17 Å². The zero-order valence-electron chi connectivity index (χ0n) is 13.0. The highest BCUT2D eigenvalue weighted by atomic mass is 32.2. The Morgan fingerprint density at radius 1 is 1.00 bits per heavy atom. The fraction of sp³-hybridized carbons (Fsp3) is 0.312. The van der Waals surface area contributed by atoms with Crippen LogP contribution in [0.1, 0.15) is 5.56 Å². The number of hydrogen-bond donors (Lipinski definition) is 1. The minimum atomic E-state index is -3.71. The van der Waals surface area contributed by atoms with Crippen LogP contribution in [0.4, 0.5) is 0 Å². The summed E-state index contributed by atoms with van der Waals surface area (Å²) in [6.07, 6.45) is 3.50. The summed E-state index contributed by atoms with van der Waals surface area (Å²) in [6, 6.07) is 12.1. The van der Waals surface area contributed by atoms with Gasteiger partial charge in [0.2, 0.25) is 0 Å². The second-order valence-corrected chi connectivity index (χ2v) is 6.07. The van der Waals surface area contributed by atoms with Gasteiger partial charge in [-0.15, -0.1) is 0 Å². The van der Waals surface area contributed by atoms with Crippen molar-refractivity contribution in [3.8, 4) is 0 Å². The smallest absolute Gasteiger partial charge is 0.297 e. The number of hydrogen-bond acceptors (Lipinski definition) is 6. The SMILES string of the molecule is Cc1ccc(S(=O)(=O)OCCOCCO)cc1.c1ccncc1. The third-order valence-corrected chi connectivity index (χ3v) is 3.90. The van der Waals surface area contributed by atoms with Crippen molar-refractivity contribution in [3.63, 3.8) is 0 Å². The van der Waals surface area contributed by atoms with Crippen molar-refractivity contribution in [2.75, 3.05) is 26.4 Å². The maximum Gasteiger partial charge on any atom is 0.297 e. The molecule has 0 saturated heterocycles. The third-order valence-electron chi connectivity index (χ3n) is 2.58. The quantitative estimate of drug-likeness (QED) is 0.611. The standard InChI is InChI=1S/C11H16O5S.C5H5N/c1-10-2-4-11(5-3-10)17(13,14)16-9-8-15-7-6-12;1-2-4-6-5-3-1/h2-5,12H,6-9H2,1H3;1-5H. The second-order valence-electron chi connectivity index (χ2n) is 4.45. The van der Waals surface area contributed by atoms with Crippen LogP contribution < -0.4 is 0 Å². The van der Waals surface area contributed by atoms with Crippen LogP contribution in [0.15, 0.2) is 59.8 Å². The van der Waals surface area contributed by atoms with Crippen LogP contribution in [-0.4, -0.2) is 44.9 Å². The van der Waals surface area contributed by atoms with Gasteiger partial charge in [-0.2, -0.15) is 8.42 Å². The Labute approximate surface area is 136 Å². The highest BCUT2D eigenvalue weighted by Gasteiger charge is 2.14. The van der Waals surface area contributed by atoms with Crippen LogP contribution in [0.2, 0.25) is 0 Å². The molecule has 0 aliphatic rings. The van der Waals surface area contributed by atoms with E-state index in [1.54, 1.807) is 24.5 Å². The van der Waals surface area contributed by atoms with Gasteiger partial charge in [0.05, 0.1) is 31.3 Å². The van der Waals surface area contributed by atoms with Gasteiger partial charge in [0.1, 0.15) is 0 Å². The van der Waals surface area contributed by atoms with Crippen LogP contribution in [0.5, 0.6) is 0 Å². The van der Waals surface area contributed by atoms with Gasteiger partial charge in [-0.1, -0.05) is 23.8 Å². The zero-order chi connectivity index (χ0) is 17.0. The Morgan fingerprint density at radius 2 is 1.65 bits per heavy atom. The normalized spacial score (nSPS) is 10.7. The Morgan fingerprint density at radius 3 is 2.13 bits per heavy atom. The van der Waals surface area contributed by atoms with Gasteiger partial charge in [-0.05, 0) is 31.2 Å². The largest absolute Gasteiger partial charge is 0.394 e. The molecular formula is C16H21NO5S. The summed E-state index contributed by atoms with van der Waals surface area (Å²) in [5.74, 6) is 0. The second kappa shape index (κ2) is 10.8. The van der Waals surface area contributed by atoms with E-state index in [0.29, 0.717) is 0 Å². The number of rotatable bonds is 7. The van der Waals surface area contributed by atoms with Gasteiger partial charge in [0, 0.05) is 12.4 Å². The summed E-state index contributed by atoms with van der Waals surface area (Å²) < 4.78 is 33.0. The van der Waals surface area contributed by atoms with E-state index in [0.717, 1.165) is 5.56 Å². The molecule has 1 heterocycles. The molecule has 126 valence electrons. The number of nitrogens with zero attached hydrogens (tertiary/aromatic N) is 1. The van der Waals surface area contributed by atoms with Crippen LogP contribution >= 0.6 is 0 Å². The van der Waals surface area contributed by atoms with Gasteiger partial charge in [0.25, 0.3) is 10.1 Å². The molecule has 0 saturated carbocycles. The predicted molar refractivity (Wildman–Crippen MR) is 86.5 cm³/mol. The molecular weight excluding hydrogens is 318 g/mol. The molecule has 0 atom stereocenters. The van der Waals surface area contributed by atoms with Gasteiger partial charge >= 0.3 is 0 Å². The maximum absolute atomic E-state index is 11.6. The highest BCUT2D eigenvalue weighted by molar-refractivity contribution is 7.86. The average molecular weight is 339 g/mol. The molecule has 0 radical (unpaired) electrons. The molecule has 0 aliphatic carbocycles. The van der Waals surface area contributed by atoms with E-state index in [9.17, 15) is 8.42 Å². The number of benzene rings is 1. The van der Waals surface area contributed by atoms with Crippen molar-refractivity contribution < 1.29 is 22.4 Å². The van der Waals surface area contributed by atoms with E-state index >= 15 is 0 Å². The van der Waals surface area contributed by atoms with Crippen molar-refractivity contribution in [3.05, 3.63) is 60.4 Å². The van der Waals surface area contributed by atoms with Gasteiger partial charge in [0.15, 0.2) is 0 Å². The van der Waals surface area contributed by atoms with Crippen molar-refractivity contribution >= 4 is 10.1 Å². The van der Waals surface area contributed by atoms with E-state index < -0.39 is 10.1 Å². The predicted octanol–water partition coefficient (Wildman–Crippen LogP) is 1.79. The number of pyridine rings is 1. The minimum absolute atomic E-state index is 0.0593. The Hall–Kier alpha value is -1.80. The summed E-state index contributed by atoms with van der Waals surface area (Å²) >= 11 is 0. The first-order valence-corrected chi connectivity index (χ1v) is 8.47. The molecule has 2 rings (SSSR count). The number of aryl methyl sites for hydroxylation is 1. The topological polar surface area (TPSA) is 85.7 Å². The Kier molecular flexibility index (Phi) is 9.08. The Bertz CT molecular complexity index is 603. The fourth-order valence-corrected chi connectivity index (χ4v) is 2.35. The number of aromatic nitrogens is 1. The van der Waals surface area contributed by atoms with Gasteiger partial charge < -0.3 is 9.84 Å². The molecule has 2 aromatic rings. The summed E-state index contributed by atoms with van der Waals surface area (Å²) in [7, 11) is -3.71. The lowest BCUT2D eigenvalue weighted by Gasteiger charge is -2.06. The van der Waals surface area contributed by atoms with Crippen molar-refractivity contribution in [2.24, 2.45) is 0 Å². The van der Waals surface area contributed by atoms with Crippen molar-refractivity contribution in [1.82, 2.24) is 4.98 Å². The van der Waals surface area contributed by atoms with E-state index in [2.05, 4.69) is 4.98 Å². The van der Waals surface area contributed by atoms with Crippen LogP contribution in [-0.2, 0) is 19.0 Å². The Balaban J connectivity index is 0.000000366. The first kappa shape index (κ1) is 19.2. The first-order valence-electron chi connectivity index (χ1n) is 7.06. The molecule has 1 aromatic heterocycles. The van der Waals surface area contributed by atoms with E-state index in [1.807, 2.05) is 25.1 Å². The lowest BCUT2D eigenvalue weighted by Crippen LogP contribution is -2.12. The molecule has 7 heteroatoms. The summed E-state index contributed by atoms with van der Waals surface area (Å²) in [5, 5.41) is 8.45. The number of aliphatic hydroxyl groups excluding tert-OH is 1. The van der Waals surface area contributed by atoms with Crippen LogP contribution in [0.25, 0.3) is 0 Å². The van der Waals surface area contributed by atoms with Crippen LogP contribution in [0, 0.1) is 6.92 Å². The number of aliphatic hydroxyl groups is 1. The molecule has 0 aliphatic heterocycles.